The number of aliphatic hydroxyl groups excluding tert-OH is 2. The van der Waals surface area contributed by atoms with Crippen LogP contribution in [0.25, 0.3) is 11.4 Å². The fraction of sp³-hybridized carbons (Fsp3) is 0.750. The first-order valence-corrected chi connectivity index (χ1v) is 25.6. The average molecular weight is 1050 g/mol. The molecule has 4 N–H and O–H groups in total. The van der Waals surface area contributed by atoms with Gasteiger partial charge >= 0.3 is 17.9 Å². The van der Waals surface area contributed by atoms with Crippen LogP contribution < -0.4 is 5.73 Å². The molecular weight excluding hydrogens is 970 g/mol. The minimum absolute atomic E-state index is 0.0126. The molecule has 1 aromatic carbocycles. The van der Waals surface area contributed by atoms with Crippen molar-refractivity contribution < 1.29 is 81.0 Å². The maximum atomic E-state index is 15.1. The van der Waals surface area contributed by atoms with E-state index in [4.69, 9.17) is 53.0 Å². The van der Waals surface area contributed by atoms with Gasteiger partial charge in [0, 0.05) is 62.3 Å². The largest absolute Gasteiger partial charge is 0.458 e. The highest BCUT2D eigenvalue weighted by atomic mass is 19.1. The van der Waals surface area contributed by atoms with E-state index >= 15 is 4.79 Å². The molecule has 2 aromatic rings. The molecule has 6 rings (SSSR count). The Balaban J connectivity index is 1.36. The summed E-state index contributed by atoms with van der Waals surface area (Å²) >= 11 is 0. The molecule has 4 aliphatic heterocycles. The van der Waals surface area contributed by atoms with Crippen LogP contribution in [0.1, 0.15) is 107 Å². The van der Waals surface area contributed by atoms with Crippen LogP contribution >= 0.6 is 0 Å². The number of amidine groups is 1. The summed E-state index contributed by atoms with van der Waals surface area (Å²) in [5, 5.41) is 30.7. The third-order valence-corrected chi connectivity index (χ3v) is 16.0. The van der Waals surface area contributed by atoms with Gasteiger partial charge in [-0.2, -0.15) is 4.98 Å². The van der Waals surface area contributed by atoms with Crippen LogP contribution in [0.2, 0.25) is 0 Å². The number of hydrogen-bond acceptors (Lipinski definition) is 20. The van der Waals surface area contributed by atoms with Crippen LogP contribution in [0.3, 0.4) is 0 Å². The quantitative estimate of drug-likeness (QED) is 0.0772. The van der Waals surface area contributed by atoms with Crippen molar-refractivity contribution in [2.75, 3.05) is 28.3 Å². The molecule has 0 saturated carbocycles. The van der Waals surface area contributed by atoms with E-state index in [0.29, 0.717) is 12.0 Å². The van der Waals surface area contributed by atoms with E-state index in [2.05, 4.69) is 15.3 Å². The Morgan fingerprint density at radius 1 is 0.959 bits per heavy atom. The molecule has 1 aromatic heterocycles. The second-order valence-corrected chi connectivity index (χ2v) is 21.6. The number of halogens is 1. The number of rotatable bonds is 14. The Morgan fingerprint density at radius 3 is 2.28 bits per heavy atom. The SMILES string of the molecule is CC[C@H]1OC(=O)[C@H](C)[C@@H](OC2CC(C)(OC)C(O)C(C)O2)[C@H](C)[C@@H](OC2OC(C)CC(N(C)C)C2O)[C@@](C)(OC)C[C@@H](C)C(=O)[C@H](C)C2C(/C(N)=N\OC(=O)CCc3nc(-c4cccc(F)c4)no3)C(=O)O[C@@]21C. The number of benzene rings is 1. The van der Waals surface area contributed by atoms with Gasteiger partial charge in [0.1, 0.15) is 35.8 Å². The molecule has 0 radical (unpaired) electrons. The molecule has 0 aliphatic carbocycles. The fourth-order valence-electron chi connectivity index (χ4n) is 11.6. The number of cyclic esters (lactones) is 1. The fourth-order valence-corrected chi connectivity index (χ4v) is 11.6. The van der Waals surface area contributed by atoms with Gasteiger partial charge in [-0.15, -0.1) is 0 Å². The number of methoxy groups -OCH3 is 2. The first-order valence-electron chi connectivity index (χ1n) is 25.6. The molecule has 22 heteroatoms. The number of oxime groups is 1. The van der Waals surface area contributed by atoms with Crippen molar-refractivity contribution in [3.8, 4) is 11.4 Å². The Labute approximate surface area is 432 Å². The van der Waals surface area contributed by atoms with E-state index in [9.17, 15) is 29.0 Å². The van der Waals surface area contributed by atoms with E-state index in [1.54, 1.807) is 61.5 Å². The van der Waals surface area contributed by atoms with Crippen LogP contribution in [0.5, 0.6) is 0 Å². The zero-order valence-corrected chi connectivity index (χ0v) is 45.1. The van der Waals surface area contributed by atoms with Gasteiger partial charge in [0.25, 0.3) is 0 Å². The minimum Gasteiger partial charge on any atom is -0.458 e. The third-order valence-electron chi connectivity index (χ3n) is 16.0. The smallest absolute Gasteiger partial charge is 0.335 e. The Hall–Kier alpha value is -4.52. The summed E-state index contributed by atoms with van der Waals surface area (Å²) in [6, 6.07) is 5.25. The molecule has 414 valence electrons. The number of Topliss-reactive ketones (excluding diaryl/α,β-unsaturated/α-hetero) is 1. The van der Waals surface area contributed by atoms with Crippen molar-refractivity contribution >= 4 is 29.5 Å². The molecule has 0 bridgehead atoms. The third kappa shape index (κ3) is 12.3. The van der Waals surface area contributed by atoms with Gasteiger partial charge in [0.05, 0.1) is 48.0 Å². The zero-order chi connectivity index (χ0) is 54.8. The number of carbonyl (C=O) groups excluding carboxylic acids is 4. The van der Waals surface area contributed by atoms with E-state index in [1.165, 1.54) is 32.4 Å². The number of ether oxygens (including phenoxy) is 8. The van der Waals surface area contributed by atoms with Gasteiger partial charge in [-0.25, -0.2) is 9.18 Å². The number of nitrogens with two attached hydrogens (primary N) is 1. The number of aliphatic hydroxyl groups is 2. The van der Waals surface area contributed by atoms with Gasteiger partial charge in [-0.3, -0.25) is 14.4 Å². The lowest BCUT2D eigenvalue weighted by Gasteiger charge is -2.50. The predicted molar refractivity (Wildman–Crippen MR) is 262 cm³/mol. The van der Waals surface area contributed by atoms with Crippen molar-refractivity contribution in [2.24, 2.45) is 46.4 Å². The summed E-state index contributed by atoms with van der Waals surface area (Å²) in [4.78, 5) is 68.7. The summed E-state index contributed by atoms with van der Waals surface area (Å²) in [6.07, 6.45) is -8.49. The molecule has 10 unspecified atom stereocenters. The number of nitrogens with zero attached hydrogens (tertiary/aromatic N) is 4. The van der Waals surface area contributed by atoms with Gasteiger partial charge in [-0.1, -0.05) is 50.1 Å². The maximum absolute atomic E-state index is 15.1. The zero-order valence-electron chi connectivity index (χ0n) is 45.1. The molecule has 5 heterocycles. The molecule has 4 saturated heterocycles. The van der Waals surface area contributed by atoms with Gasteiger partial charge in [-0.05, 0) is 87.0 Å². The summed E-state index contributed by atoms with van der Waals surface area (Å²) in [5.41, 5.74) is 2.75. The number of ketones is 1. The standard InChI is InChI=1S/C52H78FN5O16/c1-15-34-52(10)39(38(48(64)72-52)45(54)56-74-36(59)20-19-35-55-46(57-73-35)31-17-16-18-32(53)22-31)27(4)40(60)25(2)23-51(9,66-14)44(71-49-41(61)33(58(11)12)21-26(3)67-49)28(5)42(29(6)47(63)69-34)70-37-24-50(8,65-13)43(62)30(7)68-37/h16-18,22,25-30,33-34,37-39,41-44,49,61-62H,15,19-21,23-24H2,1-14H3,(H2,54,56)/t25-,26?,27-,28+,29-,30?,33?,34-,37?,38?,39?,41?,42+,43?,44-,49?,50?,51+,52-/m1/s1. The van der Waals surface area contributed by atoms with Crippen molar-refractivity contribution in [2.45, 2.75) is 186 Å². The highest BCUT2D eigenvalue weighted by Crippen LogP contribution is 2.49. The highest BCUT2D eigenvalue weighted by molar-refractivity contribution is 6.03. The first kappa shape index (κ1) is 58.7. The molecule has 4 fully saturated rings. The van der Waals surface area contributed by atoms with Crippen LogP contribution in [-0.2, 0) is 68.3 Å². The summed E-state index contributed by atoms with van der Waals surface area (Å²) in [5.74, 6) is -10.0. The number of aryl methyl sites for hydroxylation is 1. The molecule has 19 atom stereocenters. The van der Waals surface area contributed by atoms with Gasteiger partial charge < -0.3 is 68.1 Å². The highest BCUT2D eigenvalue weighted by Gasteiger charge is 2.63. The van der Waals surface area contributed by atoms with Crippen LogP contribution in [0.15, 0.2) is 33.9 Å². The van der Waals surface area contributed by atoms with Crippen molar-refractivity contribution in [1.29, 1.82) is 0 Å². The molecule has 21 nitrogen and oxygen atoms in total. The normalized spacial score (nSPS) is 39.8. The average Bonchev–Trinajstić information content (AvgIpc) is 3.95. The lowest BCUT2D eigenvalue weighted by molar-refractivity contribution is -0.319. The number of hydrogen-bond donors (Lipinski definition) is 3. The van der Waals surface area contributed by atoms with Gasteiger partial charge in [0.15, 0.2) is 24.0 Å². The van der Waals surface area contributed by atoms with Crippen LogP contribution in [0, 0.1) is 41.3 Å². The van der Waals surface area contributed by atoms with Gasteiger partial charge in [0.2, 0.25) is 11.7 Å². The van der Waals surface area contributed by atoms with E-state index in [-0.39, 0.29) is 61.7 Å². The lowest BCUT2D eigenvalue weighted by Crippen LogP contribution is -2.61. The predicted octanol–water partition coefficient (Wildman–Crippen LogP) is 4.51. The number of esters is 2. The van der Waals surface area contributed by atoms with Crippen molar-refractivity contribution in [3.63, 3.8) is 0 Å². The van der Waals surface area contributed by atoms with Crippen molar-refractivity contribution in [1.82, 2.24) is 15.0 Å². The van der Waals surface area contributed by atoms with E-state index < -0.39 is 131 Å². The summed E-state index contributed by atoms with van der Waals surface area (Å²) in [6.45, 7) is 17.2. The Morgan fingerprint density at radius 2 is 1.65 bits per heavy atom. The number of carbonyl (C=O) groups is 4. The maximum Gasteiger partial charge on any atom is 0.335 e. The van der Waals surface area contributed by atoms with Crippen LogP contribution in [-0.4, -0.2) is 161 Å². The molecule has 74 heavy (non-hydrogen) atoms. The number of likely N-dealkylation sites (N-methyl/N-ethyl adjacent to an activating group) is 1. The van der Waals surface area contributed by atoms with Crippen LogP contribution in [0.4, 0.5) is 4.39 Å². The molecule has 0 amide bonds. The van der Waals surface area contributed by atoms with E-state index in [1.807, 2.05) is 32.8 Å². The monoisotopic (exact) mass is 1050 g/mol. The second kappa shape index (κ2) is 23.8. The summed E-state index contributed by atoms with van der Waals surface area (Å²) in [7, 11) is 6.68. The molecule has 0 spiro atoms. The molecular formula is C52H78FN5O16. The number of aromatic nitrogens is 2. The first-order chi connectivity index (χ1) is 34.7. The Kier molecular flexibility index (Phi) is 18.9. The molecule has 4 aliphatic rings. The summed E-state index contributed by atoms with van der Waals surface area (Å²) < 4.78 is 70.2. The second-order valence-electron chi connectivity index (χ2n) is 21.6. The lowest BCUT2D eigenvalue weighted by atomic mass is 9.67. The van der Waals surface area contributed by atoms with Crippen molar-refractivity contribution in [3.05, 3.63) is 36.0 Å². The topological polar surface area (TPSA) is 272 Å². The number of fused-ring (bicyclic) bond motifs is 1. The minimum atomic E-state index is -1.70. The van der Waals surface area contributed by atoms with E-state index in [0.717, 1.165) is 0 Å². The Bertz CT molecular complexity index is 2320.